The summed E-state index contributed by atoms with van der Waals surface area (Å²) in [6, 6.07) is 3.58. The molecule has 3 rings (SSSR count). The maximum Gasteiger partial charge on any atom is 0.321 e. The molecule has 104 valence electrons. The summed E-state index contributed by atoms with van der Waals surface area (Å²) in [5.74, 6) is -1.46. The van der Waals surface area contributed by atoms with Crippen molar-refractivity contribution in [1.29, 1.82) is 0 Å². The van der Waals surface area contributed by atoms with E-state index in [1.807, 2.05) is 0 Å². The van der Waals surface area contributed by atoms with Crippen LogP contribution in [0.3, 0.4) is 0 Å². The van der Waals surface area contributed by atoms with Crippen LogP contribution in [-0.4, -0.2) is 16.0 Å². The molecule has 0 unspecified atom stereocenters. The third kappa shape index (κ3) is 3.27. The second-order valence-corrected chi connectivity index (χ2v) is 4.71. The van der Waals surface area contributed by atoms with Crippen molar-refractivity contribution >= 4 is 0 Å². The molecule has 20 heavy (non-hydrogen) atoms. The molecule has 1 aliphatic carbocycles. The SMILES string of the molecule is Fc1ccc(F)c(Oc2ncc(CNC3CC3)cn2)c1. The molecule has 0 amide bonds. The largest absolute Gasteiger partial charge is 0.421 e. The third-order valence-electron chi connectivity index (χ3n) is 2.95. The van der Waals surface area contributed by atoms with Crippen LogP contribution in [0.4, 0.5) is 8.78 Å². The Morgan fingerprint density at radius 1 is 1.20 bits per heavy atom. The van der Waals surface area contributed by atoms with Crippen molar-refractivity contribution in [2.45, 2.75) is 25.4 Å². The molecule has 2 aromatic rings. The Labute approximate surface area is 114 Å². The number of aromatic nitrogens is 2. The van der Waals surface area contributed by atoms with Crippen LogP contribution < -0.4 is 10.1 Å². The summed E-state index contributed by atoms with van der Waals surface area (Å²) in [7, 11) is 0. The van der Waals surface area contributed by atoms with Crippen molar-refractivity contribution in [3.8, 4) is 11.8 Å². The van der Waals surface area contributed by atoms with Gasteiger partial charge in [0.05, 0.1) is 0 Å². The zero-order valence-electron chi connectivity index (χ0n) is 10.6. The Morgan fingerprint density at radius 3 is 2.65 bits per heavy atom. The first kappa shape index (κ1) is 12.9. The van der Waals surface area contributed by atoms with E-state index in [1.165, 1.54) is 12.8 Å². The molecule has 1 heterocycles. The van der Waals surface area contributed by atoms with E-state index >= 15 is 0 Å². The van der Waals surface area contributed by atoms with E-state index in [-0.39, 0.29) is 11.8 Å². The average Bonchev–Trinajstić information content (AvgIpc) is 3.26. The molecule has 1 aromatic carbocycles. The first-order valence-corrected chi connectivity index (χ1v) is 6.38. The molecular weight excluding hydrogens is 264 g/mol. The minimum atomic E-state index is -0.658. The number of nitrogens with zero attached hydrogens (tertiary/aromatic N) is 2. The monoisotopic (exact) mass is 277 g/mol. The standard InChI is InChI=1S/C14H13F2N3O/c15-10-1-4-12(16)13(5-10)20-14-18-7-9(8-19-14)6-17-11-2-3-11/h1,4-5,7-8,11,17H,2-3,6H2. The van der Waals surface area contributed by atoms with E-state index in [4.69, 9.17) is 4.74 Å². The molecule has 1 fully saturated rings. The van der Waals surface area contributed by atoms with Crippen LogP contribution in [-0.2, 0) is 6.54 Å². The summed E-state index contributed by atoms with van der Waals surface area (Å²) in [6.07, 6.45) is 5.63. The Hall–Kier alpha value is -2.08. The Bertz CT molecular complexity index is 600. The number of halogens is 2. The minimum Gasteiger partial charge on any atom is -0.421 e. The van der Waals surface area contributed by atoms with Gasteiger partial charge in [-0.2, -0.15) is 0 Å². The molecule has 0 spiro atoms. The van der Waals surface area contributed by atoms with Gasteiger partial charge in [-0.05, 0) is 25.0 Å². The van der Waals surface area contributed by atoms with Crippen molar-refractivity contribution in [1.82, 2.24) is 15.3 Å². The lowest BCUT2D eigenvalue weighted by Crippen LogP contribution is -2.15. The molecule has 6 heteroatoms. The lowest BCUT2D eigenvalue weighted by molar-refractivity contribution is 0.406. The highest BCUT2D eigenvalue weighted by Crippen LogP contribution is 2.23. The maximum atomic E-state index is 13.4. The van der Waals surface area contributed by atoms with Crippen LogP contribution >= 0.6 is 0 Å². The van der Waals surface area contributed by atoms with Gasteiger partial charge in [-0.3, -0.25) is 0 Å². The highest BCUT2D eigenvalue weighted by molar-refractivity contribution is 5.27. The molecule has 1 N–H and O–H groups in total. The highest BCUT2D eigenvalue weighted by Gasteiger charge is 2.20. The van der Waals surface area contributed by atoms with E-state index in [0.29, 0.717) is 12.6 Å². The quantitative estimate of drug-likeness (QED) is 0.913. The van der Waals surface area contributed by atoms with Gasteiger partial charge in [-0.25, -0.2) is 18.7 Å². The van der Waals surface area contributed by atoms with Crippen molar-refractivity contribution in [2.75, 3.05) is 0 Å². The van der Waals surface area contributed by atoms with Crippen molar-refractivity contribution in [3.63, 3.8) is 0 Å². The van der Waals surface area contributed by atoms with E-state index < -0.39 is 11.6 Å². The van der Waals surface area contributed by atoms with Crippen molar-refractivity contribution in [3.05, 3.63) is 47.8 Å². The Morgan fingerprint density at radius 2 is 1.95 bits per heavy atom. The number of rotatable bonds is 5. The van der Waals surface area contributed by atoms with Crippen LogP contribution in [0.1, 0.15) is 18.4 Å². The normalized spacial score (nSPS) is 14.3. The second kappa shape index (κ2) is 5.50. The Balaban J connectivity index is 1.66. The van der Waals surface area contributed by atoms with Gasteiger partial charge in [-0.15, -0.1) is 0 Å². The van der Waals surface area contributed by atoms with E-state index in [0.717, 1.165) is 23.8 Å². The molecule has 0 radical (unpaired) electrons. The first-order chi connectivity index (χ1) is 9.70. The summed E-state index contributed by atoms with van der Waals surface area (Å²) < 4.78 is 31.5. The van der Waals surface area contributed by atoms with E-state index in [1.54, 1.807) is 12.4 Å². The molecular formula is C14H13F2N3O. The van der Waals surface area contributed by atoms with Crippen LogP contribution in [0.2, 0.25) is 0 Å². The fourth-order valence-corrected chi connectivity index (χ4v) is 1.69. The number of hydrogen-bond donors (Lipinski definition) is 1. The fourth-order valence-electron chi connectivity index (χ4n) is 1.69. The molecule has 0 atom stereocenters. The van der Waals surface area contributed by atoms with Gasteiger partial charge in [0.15, 0.2) is 11.6 Å². The molecule has 4 nitrogen and oxygen atoms in total. The first-order valence-electron chi connectivity index (χ1n) is 6.38. The zero-order valence-corrected chi connectivity index (χ0v) is 10.6. The molecule has 1 aromatic heterocycles. The highest BCUT2D eigenvalue weighted by atomic mass is 19.1. The number of hydrogen-bond acceptors (Lipinski definition) is 4. The van der Waals surface area contributed by atoms with Crippen molar-refractivity contribution < 1.29 is 13.5 Å². The molecule has 0 saturated heterocycles. The molecule has 1 saturated carbocycles. The topological polar surface area (TPSA) is 47.0 Å². The van der Waals surface area contributed by atoms with Gasteiger partial charge >= 0.3 is 6.01 Å². The predicted octanol–water partition coefficient (Wildman–Crippen LogP) is 2.80. The van der Waals surface area contributed by atoms with Gasteiger partial charge in [0.25, 0.3) is 0 Å². The summed E-state index contributed by atoms with van der Waals surface area (Å²) in [4.78, 5) is 7.96. The third-order valence-corrected chi connectivity index (χ3v) is 2.95. The van der Waals surface area contributed by atoms with Gasteiger partial charge in [0.2, 0.25) is 0 Å². The minimum absolute atomic E-state index is 0.00956. The lowest BCUT2D eigenvalue weighted by atomic mass is 10.3. The summed E-state index contributed by atoms with van der Waals surface area (Å²) in [6.45, 7) is 0.694. The van der Waals surface area contributed by atoms with Gasteiger partial charge in [0.1, 0.15) is 5.82 Å². The Kier molecular flexibility index (Phi) is 3.56. The average molecular weight is 277 g/mol. The summed E-state index contributed by atoms with van der Waals surface area (Å²) in [5.41, 5.74) is 0.920. The zero-order chi connectivity index (χ0) is 13.9. The van der Waals surface area contributed by atoms with E-state index in [9.17, 15) is 8.78 Å². The van der Waals surface area contributed by atoms with Crippen LogP contribution in [0.25, 0.3) is 0 Å². The number of nitrogens with one attached hydrogen (secondary N) is 1. The van der Waals surface area contributed by atoms with Gasteiger partial charge < -0.3 is 10.1 Å². The maximum absolute atomic E-state index is 13.4. The smallest absolute Gasteiger partial charge is 0.321 e. The molecule has 0 aliphatic heterocycles. The summed E-state index contributed by atoms with van der Waals surface area (Å²) in [5, 5.41) is 3.33. The van der Waals surface area contributed by atoms with Crippen LogP contribution in [0, 0.1) is 11.6 Å². The van der Waals surface area contributed by atoms with Crippen LogP contribution in [0.15, 0.2) is 30.6 Å². The number of benzene rings is 1. The number of ether oxygens (including phenoxy) is 1. The second-order valence-electron chi connectivity index (χ2n) is 4.71. The molecule has 0 bridgehead atoms. The molecule has 1 aliphatic rings. The van der Waals surface area contributed by atoms with E-state index in [2.05, 4.69) is 15.3 Å². The van der Waals surface area contributed by atoms with Gasteiger partial charge in [-0.1, -0.05) is 0 Å². The lowest BCUT2D eigenvalue weighted by Gasteiger charge is -2.06. The summed E-state index contributed by atoms with van der Waals surface area (Å²) >= 11 is 0. The predicted molar refractivity (Wildman–Crippen MR) is 68.3 cm³/mol. The van der Waals surface area contributed by atoms with Crippen molar-refractivity contribution in [2.24, 2.45) is 0 Å². The van der Waals surface area contributed by atoms with Crippen LogP contribution in [0.5, 0.6) is 11.8 Å². The van der Waals surface area contributed by atoms with Gasteiger partial charge in [0, 0.05) is 36.6 Å². The fraction of sp³-hybridized carbons (Fsp3) is 0.286.